The highest BCUT2D eigenvalue weighted by Gasteiger charge is 2.09. The second-order valence-electron chi connectivity index (χ2n) is 4.29. The molecule has 21 heavy (non-hydrogen) atoms. The first kappa shape index (κ1) is 16.0. The molecule has 0 atom stereocenters. The summed E-state index contributed by atoms with van der Waals surface area (Å²) in [7, 11) is 0. The molecule has 3 nitrogen and oxygen atoms in total. The van der Waals surface area contributed by atoms with Crippen molar-refractivity contribution < 1.29 is 4.79 Å². The van der Waals surface area contributed by atoms with Crippen molar-refractivity contribution in [1.82, 2.24) is 5.32 Å². The first-order chi connectivity index (χ1) is 10.0. The van der Waals surface area contributed by atoms with Gasteiger partial charge in [-0.2, -0.15) is 0 Å². The van der Waals surface area contributed by atoms with Gasteiger partial charge in [-0.05, 0) is 43.3 Å². The standard InChI is InChI=1S/C15H14Cl2N2OS/c1-2-19-15(20)9-3-6-13(18)14(7-9)21-10-4-5-11(16)12(17)8-10/h3-8H,2,18H2,1H3,(H,19,20). The largest absolute Gasteiger partial charge is 0.398 e. The molecular weight excluding hydrogens is 327 g/mol. The Bertz CT molecular complexity index is 677. The Hall–Kier alpha value is -1.36. The third-order valence-electron chi connectivity index (χ3n) is 2.73. The summed E-state index contributed by atoms with van der Waals surface area (Å²) in [5, 5.41) is 3.75. The van der Waals surface area contributed by atoms with Crippen molar-refractivity contribution in [2.24, 2.45) is 0 Å². The van der Waals surface area contributed by atoms with Crippen molar-refractivity contribution in [1.29, 1.82) is 0 Å². The molecular formula is C15H14Cl2N2OS. The number of nitrogens with two attached hydrogens (primary N) is 1. The zero-order valence-electron chi connectivity index (χ0n) is 11.3. The molecule has 0 aromatic heterocycles. The minimum atomic E-state index is -0.117. The Labute approximate surface area is 137 Å². The van der Waals surface area contributed by atoms with E-state index in [4.69, 9.17) is 28.9 Å². The van der Waals surface area contributed by atoms with E-state index in [1.807, 2.05) is 13.0 Å². The summed E-state index contributed by atoms with van der Waals surface area (Å²) in [6.07, 6.45) is 0. The van der Waals surface area contributed by atoms with Gasteiger partial charge in [0.05, 0.1) is 10.0 Å². The Morgan fingerprint density at radius 2 is 1.95 bits per heavy atom. The molecule has 6 heteroatoms. The Morgan fingerprint density at radius 1 is 1.19 bits per heavy atom. The molecule has 0 unspecified atom stereocenters. The molecule has 0 fully saturated rings. The van der Waals surface area contributed by atoms with E-state index in [1.165, 1.54) is 11.8 Å². The molecule has 2 aromatic rings. The molecule has 0 heterocycles. The minimum Gasteiger partial charge on any atom is -0.398 e. The summed E-state index contributed by atoms with van der Waals surface area (Å²) in [6.45, 7) is 2.46. The second-order valence-corrected chi connectivity index (χ2v) is 6.22. The number of nitrogen functional groups attached to an aromatic ring is 1. The maximum atomic E-state index is 11.9. The number of anilines is 1. The van der Waals surface area contributed by atoms with Crippen LogP contribution in [0.25, 0.3) is 0 Å². The SMILES string of the molecule is CCNC(=O)c1ccc(N)c(Sc2ccc(Cl)c(Cl)c2)c1. The van der Waals surface area contributed by atoms with Crippen LogP contribution in [0.4, 0.5) is 5.69 Å². The van der Waals surface area contributed by atoms with Gasteiger partial charge in [-0.15, -0.1) is 0 Å². The van der Waals surface area contributed by atoms with Gasteiger partial charge in [0.25, 0.3) is 5.91 Å². The third kappa shape index (κ3) is 4.06. The predicted molar refractivity (Wildman–Crippen MR) is 89.4 cm³/mol. The zero-order valence-corrected chi connectivity index (χ0v) is 13.6. The lowest BCUT2D eigenvalue weighted by atomic mass is 10.2. The van der Waals surface area contributed by atoms with Gasteiger partial charge in [0, 0.05) is 27.6 Å². The van der Waals surface area contributed by atoms with Crippen molar-refractivity contribution in [3.8, 4) is 0 Å². The summed E-state index contributed by atoms with van der Waals surface area (Å²) in [5.41, 5.74) is 7.16. The first-order valence-corrected chi connectivity index (χ1v) is 7.89. The summed E-state index contributed by atoms with van der Waals surface area (Å²) in [6, 6.07) is 10.6. The van der Waals surface area contributed by atoms with E-state index in [2.05, 4.69) is 5.32 Å². The van der Waals surface area contributed by atoms with Gasteiger partial charge in [0.15, 0.2) is 0 Å². The normalized spacial score (nSPS) is 10.4. The summed E-state index contributed by atoms with van der Waals surface area (Å²) in [5.74, 6) is -0.117. The highest BCUT2D eigenvalue weighted by Crippen LogP contribution is 2.35. The van der Waals surface area contributed by atoms with Gasteiger partial charge in [0.2, 0.25) is 0 Å². The highest BCUT2D eigenvalue weighted by atomic mass is 35.5. The van der Waals surface area contributed by atoms with Gasteiger partial charge >= 0.3 is 0 Å². The quantitative estimate of drug-likeness (QED) is 0.807. The topological polar surface area (TPSA) is 55.1 Å². The molecule has 0 aliphatic rings. The fourth-order valence-electron chi connectivity index (χ4n) is 1.69. The van der Waals surface area contributed by atoms with E-state index in [-0.39, 0.29) is 5.91 Å². The van der Waals surface area contributed by atoms with Gasteiger partial charge in [-0.1, -0.05) is 35.0 Å². The lowest BCUT2D eigenvalue weighted by molar-refractivity contribution is 0.0955. The molecule has 1 amide bonds. The number of nitrogens with one attached hydrogen (secondary N) is 1. The molecule has 110 valence electrons. The number of halogens is 2. The van der Waals surface area contributed by atoms with Crippen LogP contribution in [-0.2, 0) is 0 Å². The van der Waals surface area contributed by atoms with Crippen LogP contribution in [0.1, 0.15) is 17.3 Å². The smallest absolute Gasteiger partial charge is 0.251 e. The average molecular weight is 341 g/mol. The molecule has 2 rings (SSSR count). The molecule has 0 bridgehead atoms. The van der Waals surface area contributed by atoms with E-state index in [0.717, 1.165) is 9.79 Å². The van der Waals surface area contributed by atoms with Crippen LogP contribution < -0.4 is 11.1 Å². The van der Waals surface area contributed by atoms with Crippen molar-refractivity contribution in [2.75, 3.05) is 12.3 Å². The fourth-order valence-corrected chi connectivity index (χ4v) is 3.00. The van der Waals surface area contributed by atoms with Crippen LogP contribution in [0.3, 0.4) is 0 Å². The average Bonchev–Trinajstić information content (AvgIpc) is 2.45. The number of rotatable bonds is 4. The number of carbonyl (C=O) groups excluding carboxylic acids is 1. The molecule has 2 aromatic carbocycles. The number of amides is 1. The molecule has 0 aliphatic carbocycles. The van der Waals surface area contributed by atoms with Crippen LogP contribution in [0.5, 0.6) is 0 Å². The maximum Gasteiger partial charge on any atom is 0.251 e. The molecule has 0 saturated heterocycles. The predicted octanol–water partition coefficient (Wildman–Crippen LogP) is 4.48. The Morgan fingerprint density at radius 3 is 2.62 bits per heavy atom. The van der Waals surface area contributed by atoms with Crippen LogP contribution in [0, 0.1) is 0 Å². The van der Waals surface area contributed by atoms with Gasteiger partial charge in [0.1, 0.15) is 0 Å². The van der Waals surface area contributed by atoms with Crippen LogP contribution in [0.2, 0.25) is 10.0 Å². The summed E-state index contributed by atoms with van der Waals surface area (Å²) >= 11 is 13.3. The van der Waals surface area contributed by atoms with Crippen LogP contribution >= 0.6 is 35.0 Å². The van der Waals surface area contributed by atoms with Gasteiger partial charge < -0.3 is 11.1 Å². The van der Waals surface area contributed by atoms with Gasteiger partial charge in [-0.3, -0.25) is 4.79 Å². The minimum absolute atomic E-state index is 0.117. The van der Waals surface area contributed by atoms with E-state index in [9.17, 15) is 4.79 Å². The van der Waals surface area contributed by atoms with Crippen molar-refractivity contribution >= 4 is 46.6 Å². The van der Waals surface area contributed by atoms with E-state index >= 15 is 0 Å². The van der Waals surface area contributed by atoms with E-state index in [0.29, 0.717) is 27.8 Å². The van der Waals surface area contributed by atoms with E-state index in [1.54, 1.807) is 30.3 Å². The van der Waals surface area contributed by atoms with E-state index < -0.39 is 0 Å². The molecule has 0 saturated carbocycles. The first-order valence-electron chi connectivity index (χ1n) is 6.32. The molecule has 0 aliphatic heterocycles. The third-order valence-corrected chi connectivity index (χ3v) is 4.53. The molecule has 3 N–H and O–H groups in total. The summed E-state index contributed by atoms with van der Waals surface area (Å²) in [4.78, 5) is 13.6. The van der Waals surface area contributed by atoms with Gasteiger partial charge in [-0.25, -0.2) is 0 Å². The maximum absolute atomic E-state index is 11.9. The van der Waals surface area contributed by atoms with Crippen molar-refractivity contribution in [3.05, 3.63) is 52.0 Å². The number of hydrogen-bond donors (Lipinski definition) is 2. The molecule has 0 spiro atoms. The van der Waals surface area contributed by atoms with Crippen molar-refractivity contribution in [3.63, 3.8) is 0 Å². The Balaban J connectivity index is 2.28. The number of hydrogen-bond acceptors (Lipinski definition) is 3. The van der Waals surface area contributed by atoms with Crippen LogP contribution in [-0.4, -0.2) is 12.5 Å². The second kappa shape index (κ2) is 7.07. The zero-order chi connectivity index (χ0) is 15.4. The Kier molecular flexibility index (Phi) is 5.39. The van der Waals surface area contributed by atoms with Crippen LogP contribution in [0.15, 0.2) is 46.2 Å². The number of benzene rings is 2. The lowest BCUT2D eigenvalue weighted by Crippen LogP contribution is -2.22. The lowest BCUT2D eigenvalue weighted by Gasteiger charge is -2.09. The highest BCUT2D eigenvalue weighted by molar-refractivity contribution is 7.99. The number of carbonyl (C=O) groups is 1. The monoisotopic (exact) mass is 340 g/mol. The fraction of sp³-hybridized carbons (Fsp3) is 0.133. The molecule has 0 radical (unpaired) electrons. The summed E-state index contributed by atoms with van der Waals surface area (Å²) < 4.78 is 0. The van der Waals surface area contributed by atoms with Crippen molar-refractivity contribution in [2.45, 2.75) is 16.7 Å².